The highest BCUT2D eigenvalue weighted by atomic mass is 35.5. The number of pyridine rings is 1. The van der Waals surface area contributed by atoms with E-state index in [1.807, 2.05) is 43.6 Å². The van der Waals surface area contributed by atoms with Crippen LogP contribution in [0.15, 0.2) is 41.9 Å². The number of fused-ring (bicyclic) bond motifs is 1. The van der Waals surface area contributed by atoms with Crippen molar-refractivity contribution in [2.75, 3.05) is 5.32 Å². The second-order valence-electron chi connectivity index (χ2n) is 5.78. The number of aromatic nitrogens is 4. The van der Waals surface area contributed by atoms with Gasteiger partial charge in [0.2, 0.25) is 0 Å². The Balaban J connectivity index is 1.59. The van der Waals surface area contributed by atoms with E-state index in [2.05, 4.69) is 20.4 Å². The molecule has 0 radical (unpaired) electrons. The molecule has 0 fully saturated rings. The Kier molecular flexibility index (Phi) is 4.18. The van der Waals surface area contributed by atoms with Crippen LogP contribution in [0.4, 0.5) is 5.13 Å². The van der Waals surface area contributed by atoms with Gasteiger partial charge in [-0.05, 0) is 19.1 Å². The topological polar surface area (TPSA) is 72.7 Å². The van der Waals surface area contributed by atoms with Gasteiger partial charge in [0.15, 0.2) is 10.8 Å². The van der Waals surface area contributed by atoms with E-state index < -0.39 is 0 Å². The fraction of sp³-hybridized carbons (Fsp3) is 0.111. The lowest BCUT2D eigenvalue weighted by Crippen LogP contribution is -2.12. The molecular formula is C18H14ClN5OS. The molecule has 6 nitrogen and oxygen atoms in total. The van der Waals surface area contributed by atoms with Crippen LogP contribution in [-0.4, -0.2) is 25.7 Å². The zero-order valence-electron chi connectivity index (χ0n) is 14.0. The first-order valence-electron chi connectivity index (χ1n) is 7.84. The summed E-state index contributed by atoms with van der Waals surface area (Å²) in [6.45, 7) is 1.89. The third kappa shape index (κ3) is 2.95. The van der Waals surface area contributed by atoms with Crippen LogP contribution in [0.1, 0.15) is 16.1 Å². The summed E-state index contributed by atoms with van der Waals surface area (Å²) in [7, 11) is 1.83. The number of aryl methyl sites for hydroxylation is 2. The number of nitrogens with one attached hydrogen (secondary N) is 1. The van der Waals surface area contributed by atoms with Crippen molar-refractivity contribution in [3.63, 3.8) is 0 Å². The first-order valence-corrected chi connectivity index (χ1v) is 9.10. The van der Waals surface area contributed by atoms with Gasteiger partial charge in [-0.25, -0.2) is 9.97 Å². The van der Waals surface area contributed by atoms with E-state index in [1.165, 1.54) is 11.3 Å². The Hall–Kier alpha value is -2.77. The molecule has 0 aliphatic rings. The van der Waals surface area contributed by atoms with E-state index in [9.17, 15) is 4.79 Å². The summed E-state index contributed by atoms with van der Waals surface area (Å²) in [5.74, 6) is -0.261. The van der Waals surface area contributed by atoms with Crippen LogP contribution in [0.2, 0.25) is 5.02 Å². The number of nitrogens with zero attached hydrogens (tertiary/aromatic N) is 4. The van der Waals surface area contributed by atoms with Crippen molar-refractivity contribution in [2.24, 2.45) is 7.05 Å². The summed E-state index contributed by atoms with van der Waals surface area (Å²) in [6.07, 6.45) is 1.54. The minimum atomic E-state index is -0.261. The summed E-state index contributed by atoms with van der Waals surface area (Å²) in [4.78, 5) is 21.3. The number of amides is 1. The summed E-state index contributed by atoms with van der Waals surface area (Å²) in [5, 5.41) is 11.0. The molecule has 0 saturated carbocycles. The number of anilines is 1. The third-order valence-corrected chi connectivity index (χ3v) is 5.09. The third-order valence-electron chi connectivity index (χ3n) is 4.00. The summed E-state index contributed by atoms with van der Waals surface area (Å²) in [6, 6.07) is 9.26. The molecule has 0 atom stereocenters. The predicted molar refractivity (Wildman–Crippen MR) is 104 cm³/mol. The van der Waals surface area contributed by atoms with Gasteiger partial charge in [-0.15, -0.1) is 11.3 Å². The zero-order valence-corrected chi connectivity index (χ0v) is 15.6. The van der Waals surface area contributed by atoms with Crippen LogP contribution in [0, 0.1) is 6.92 Å². The van der Waals surface area contributed by atoms with Gasteiger partial charge in [0.1, 0.15) is 0 Å². The van der Waals surface area contributed by atoms with E-state index in [-0.39, 0.29) is 5.91 Å². The molecule has 3 aromatic heterocycles. The Morgan fingerprint density at radius 3 is 2.92 bits per heavy atom. The zero-order chi connectivity index (χ0) is 18.3. The number of rotatable bonds is 3. The van der Waals surface area contributed by atoms with Crippen LogP contribution in [0.3, 0.4) is 0 Å². The van der Waals surface area contributed by atoms with Gasteiger partial charge < -0.3 is 0 Å². The molecule has 1 N–H and O–H groups in total. The molecule has 1 aromatic carbocycles. The minimum absolute atomic E-state index is 0.261. The molecule has 8 heteroatoms. The lowest BCUT2D eigenvalue weighted by molar-refractivity contribution is 0.102. The van der Waals surface area contributed by atoms with E-state index in [0.29, 0.717) is 15.7 Å². The smallest absolute Gasteiger partial charge is 0.259 e. The van der Waals surface area contributed by atoms with Gasteiger partial charge in [0.05, 0.1) is 17.0 Å². The maximum atomic E-state index is 12.6. The number of thiazole rings is 1. The highest BCUT2D eigenvalue weighted by Gasteiger charge is 2.14. The van der Waals surface area contributed by atoms with Gasteiger partial charge in [-0.3, -0.25) is 14.8 Å². The first kappa shape index (κ1) is 16.7. The van der Waals surface area contributed by atoms with Crippen LogP contribution >= 0.6 is 22.9 Å². The van der Waals surface area contributed by atoms with Crippen molar-refractivity contribution in [1.82, 2.24) is 19.7 Å². The quantitative estimate of drug-likeness (QED) is 0.572. The van der Waals surface area contributed by atoms with Crippen molar-refractivity contribution in [3.8, 4) is 11.3 Å². The molecular weight excluding hydrogens is 370 g/mol. The molecule has 4 rings (SSSR count). The Labute approximate surface area is 158 Å². The highest BCUT2D eigenvalue weighted by molar-refractivity contribution is 7.14. The molecule has 1 amide bonds. The number of carbonyl (C=O) groups excluding carboxylic acids is 1. The van der Waals surface area contributed by atoms with E-state index in [0.717, 1.165) is 28.0 Å². The van der Waals surface area contributed by atoms with Crippen molar-refractivity contribution in [1.29, 1.82) is 0 Å². The number of benzene rings is 1. The standard InChI is InChI=1S/C18H14ClN5OS/c1-10-13-7-11(8-20-16(13)24(2)23-10)17(25)22-18-21-15(9-26-18)12-5-3-4-6-14(12)19/h3-9H,1-2H3,(H,21,22,25). The van der Waals surface area contributed by atoms with Gasteiger partial charge in [0, 0.05) is 34.6 Å². The molecule has 3 heterocycles. The van der Waals surface area contributed by atoms with Crippen LogP contribution < -0.4 is 5.32 Å². The van der Waals surface area contributed by atoms with E-state index in [4.69, 9.17) is 11.6 Å². The van der Waals surface area contributed by atoms with Gasteiger partial charge >= 0.3 is 0 Å². The average Bonchev–Trinajstić information content (AvgIpc) is 3.20. The molecule has 4 aromatic rings. The summed E-state index contributed by atoms with van der Waals surface area (Å²) >= 11 is 7.55. The summed E-state index contributed by atoms with van der Waals surface area (Å²) in [5.41, 5.74) is 3.60. The monoisotopic (exact) mass is 383 g/mol. The predicted octanol–water partition coefficient (Wildman–Crippen LogP) is 4.31. The molecule has 0 unspecified atom stereocenters. The fourth-order valence-corrected chi connectivity index (χ4v) is 3.66. The molecule has 26 heavy (non-hydrogen) atoms. The second-order valence-corrected chi connectivity index (χ2v) is 7.04. The largest absolute Gasteiger partial charge is 0.298 e. The van der Waals surface area contributed by atoms with Crippen molar-refractivity contribution in [2.45, 2.75) is 6.92 Å². The van der Waals surface area contributed by atoms with Gasteiger partial charge in [0.25, 0.3) is 5.91 Å². The number of hydrogen-bond acceptors (Lipinski definition) is 5. The summed E-state index contributed by atoms with van der Waals surface area (Å²) < 4.78 is 1.70. The average molecular weight is 384 g/mol. The molecule has 0 aliphatic carbocycles. The number of hydrogen-bond donors (Lipinski definition) is 1. The van der Waals surface area contributed by atoms with Crippen molar-refractivity contribution in [3.05, 3.63) is 58.2 Å². The molecule has 0 saturated heterocycles. The molecule has 0 aliphatic heterocycles. The SMILES string of the molecule is Cc1nn(C)c2ncc(C(=O)Nc3nc(-c4ccccc4Cl)cs3)cc12. The van der Waals surface area contributed by atoms with Gasteiger partial charge in [-0.1, -0.05) is 29.8 Å². The number of carbonyl (C=O) groups is 1. The molecule has 130 valence electrons. The van der Waals surface area contributed by atoms with Crippen molar-refractivity contribution < 1.29 is 4.79 Å². The van der Waals surface area contributed by atoms with E-state index >= 15 is 0 Å². The van der Waals surface area contributed by atoms with Gasteiger partial charge in [-0.2, -0.15) is 5.10 Å². The van der Waals surface area contributed by atoms with Crippen LogP contribution in [0.5, 0.6) is 0 Å². The highest BCUT2D eigenvalue weighted by Crippen LogP contribution is 2.30. The molecule has 0 spiro atoms. The van der Waals surface area contributed by atoms with E-state index in [1.54, 1.807) is 16.9 Å². The van der Waals surface area contributed by atoms with Crippen LogP contribution in [-0.2, 0) is 7.05 Å². The molecule has 0 bridgehead atoms. The Bertz CT molecular complexity index is 1130. The normalized spacial score (nSPS) is 11.0. The fourth-order valence-electron chi connectivity index (χ4n) is 2.73. The second kappa shape index (κ2) is 6.51. The maximum absolute atomic E-state index is 12.6. The maximum Gasteiger partial charge on any atom is 0.259 e. The number of halogens is 1. The van der Waals surface area contributed by atoms with Crippen LogP contribution in [0.25, 0.3) is 22.3 Å². The van der Waals surface area contributed by atoms with Crippen molar-refractivity contribution >= 4 is 45.0 Å². The lowest BCUT2D eigenvalue weighted by atomic mass is 10.2. The minimum Gasteiger partial charge on any atom is -0.298 e. The Morgan fingerprint density at radius 2 is 2.12 bits per heavy atom. The Morgan fingerprint density at radius 1 is 1.31 bits per heavy atom. The lowest BCUT2D eigenvalue weighted by Gasteiger charge is -2.02. The first-order chi connectivity index (χ1) is 12.5.